The fourth-order valence-electron chi connectivity index (χ4n) is 6.89. The molecular weight excluding hydrogens is 640 g/mol. The first-order valence-electron chi connectivity index (χ1n) is 16.6. The highest BCUT2D eigenvalue weighted by molar-refractivity contribution is 7.65. The van der Waals surface area contributed by atoms with Gasteiger partial charge in [0.1, 0.15) is 5.75 Å². The molecule has 0 amide bonds. The number of likely N-dealkylation sites (N-methyl/N-ethyl adjacent to an activating group) is 1. The lowest BCUT2D eigenvalue weighted by atomic mass is 9.98. The molecule has 7 rings (SSSR count). The van der Waals surface area contributed by atoms with E-state index in [1.807, 2.05) is 36.3 Å². The Bertz CT molecular complexity index is 1940. The fourth-order valence-corrected chi connectivity index (χ4v) is 8.09. The van der Waals surface area contributed by atoms with Gasteiger partial charge in [-0.15, -0.1) is 0 Å². The molecular formula is C35H43FN11OP. The SMILES string of the molecule is COc1cc(N2CCC(N3CCN(C)CC3)CC2)c(-c2cnn(C)c2)cc1Nc1ncc(F)c(Nc2ccc3nccnc3c2P(C)C)n1. The van der Waals surface area contributed by atoms with Crippen molar-refractivity contribution in [3.63, 3.8) is 0 Å². The van der Waals surface area contributed by atoms with Crippen molar-refractivity contribution >= 4 is 53.1 Å². The number of benzene rings is 2. The normalized spacial score (nSPS) is 16.4. The molecule has 2 N–H and O–H groups in total. The van der Waals surface area contributed by atoms with E-state index in [0.29, 0.717) is 17.5 Å². The lowest BCUT2D eigenvalue weighted by Crippen LogP contribution is -2.52. The number of halogens is 1. The van der Waals surface area contributed by atoms with Gasteiger partial charge in [-0.25, -0.2) is 9.37 Å². The molecule has 0 unspecified atom stereocenters. The van der Waals surface area contributed by atoms with Crippen LogP contribution in [0.4, 0.5) is 33.2 Å². The maximum absolute atomic E-state index is 15.2. The number of nitrogens with zero attached hydrogens (tertiary/aromatic N) is 9. The van der Waals surface area contributed by atoms with Crippen molar-refractivity contribution in [1.29, 1.82) is 0 Å². The molecule has 2 fully saturated rings. The van der Waals surface area contributed by atoms with Crippen LogP contribution >= 0.6 is 7.92 Å². The molecule has 2 saturated heterocycles. The number of aryl methyl sites for hydroxylation is 1. The summed E-state index contributed by atoms with van der Waals surface area (Å²) in [5.74, 6) is 0.373. The molecule has 14 heteroatoms. The van der Waals surface area contributed by atoms with Gasteiger partial charge in [0, 0.05) is 105 Å². The molecule has 2 aliphatic heterocycles. The molecule has 0 radical (unpaired) electrons. The van der Waals surface area contributed by atoms with E-state index < -0.39 is 13.7 Å². The number of fused-ring (bicyclic) bond motifs is 1. The first-order valence-corrected chi connectivity index (χ1v) is 18.9. The van der Waals surface area contributed by atoms with Crippen molar-refractivity contribution < 1.29 is 9.13 Å². The summed E-state index contributed by atoms with van der Waals surface area (Å²) < 4.78 is 22.9. The van der Waals surface area contributed by atoms with Crippen molar-refractivity contribution in [1.82, 2.24) is 39.5 Å². The third-order valence-corrected chi connectivity index (χ3v) is 10.8. The predicted molar refractivity (Wildman–Crippen MR) is 196 cm³/mol. The first kappa shape index (κ1) is 33.1. The number of aromatic nitrogens is 6. The fraction of sp³-hybridized carbons (Fsp3) is 0.400. The minimum atomic E-state index is -0.595. The second-order valence-corrected chi connectivity index (χ2v) is 15.2. The molecule has 5 heterocycles. The first-order chi connectivity index (χ1) is 23.8. The summed E-state index contributed by atoms with van der Waals surface area (Å²) in [5, 5.41) is 12.0. The van der Waals surface area contributed by atoms with Crippen molar-refractivity contribution in [3.8, 4) is 16.9 Å². The molecule has 0 atom stereocenters. The molecule has 49 heavy (non-hydrogen) atoms. The van der Waals surface area contributed by atoms with Gasteiger partial charge in [-0.1, -0.05) is 7.92 Å². The zero-order valence-electron chi connectivity index (χ0n) is 28.7. The largest absolute Gasteiger partial charge is 0.494 e. The maximum atomic E-state index is 15.2. The molecule has 0 saturated carbocycles. The Labute approximate surface area is 287 Å². The summed E-state index contributed by atoms with van der Waals surface area (Å²) in [4.78, 5) is 25.4. The lowest BCUT2D eigenvalue weighted by Gasteiger charge is -2.43. The number of methoxy groups -OCH3 is 1. The smallest absolute Gasteiger partial charge is 0.229 e. The third-order valence-electron chi connectivity index (χ3n) is 9.50. The van der Waals surface area contributed by atoms with Crippen LogP contribution in [0.25, 0.3) is 22.2 Å². The predicted octanol–water partition coefficient (Wildman–Crippen LogP) is 5.04. The zero-order valence-corrected chi connectivity index (χ0v) is 29.6. The molecule has 3 aromatic heterocycles. The van der Waals surface area contributed by atoms with Gasteiger partial charge in [0.05, 0.1) is 36.2 Å². The van der Waals surface area contributed by atoms with Crippen LogP contribution in [0.2, 0.25) is 0 Å². The molecule has 0 bridgehead atoms. The summed E-state index contributed by atoms with van der Waals surface area (Å²) in [6.45, 7) is 10.7. The molecule has 256 valence electrons. The van der Waals surface area contributed by atoms with Crippen molar-refractivity contribution in [3.05, 3.63) is 61.1 Å². The Morgan fingerprint density at radius 2 is 1.67 bits per heavy atom. The minimum absolute atomic E-state index is 0.0603. The van der Waals surface area contributed by atoms with Crippen LogP contribution in [0, 0.1) is 5.82 Å². The maximum Gasteiger partial charge on any atom is 0.229 e. The van der Waals surface area contributed by atoms with Gasteiger partial charge in [0.15, 0.2) is 11.6 Å². The van der Waals surface area contributed by atoms with Gasteiger partial charge in [-0.2, -0.15) is 10.1 Å². The number of piperidine rings is 1. The van der Waals surface area contributed by atoms with Gasteiger partial charge in [0.25, 0.3) is 0 Å². The molecule has 2 aliphatic rings. The monoisotopic (exact) mass is 683 g/mol. The van der Waals surface area contributed by atoms with E-state index >= 15 is 4.39 Å². The number of piperazine rings is 1. The summed E-state index contributed by atoms with van der Waals surface area (Å²) in [6.07, 6.45) is 10.6. The highest BCUT2D eigenvalue weighted by Gasteiger charge is 2.29. The molecule has 0 aliphatic carbocycles. The Kier molecular flexibility index (Phi) is 9.57. The van der Waals surface area contributed by atoms with E-state index in [-0.39, 0.29) is 11.8 Å². The van der Waals surface area contributed by atoms with Crippen molar-refractivity contribution in [2.24, 2.45) is 7.05 Å². The second-order valence-electron chi connectivity index (χ2n) is 13.0. The number of anilines is 5. The van der Waals surface area contributed by atoms with Gasteiger partial charge in [-0.3, -0.25) is 19.5 Å². The summed E-state index contributed by atoms with van der Waals surface area (Å²) in [6, 6.07) is 8.52. The minimum Gasteiger partial charge on any atom is -0.494 e. The standard InChI is InChI=1S/C35H43FN11OP/c1-44-14-16-46(17-15-44)24-8-12-47(13-9-24)30-19-31(48-3)29(18-25(30)23-20-40-45(2)22-23)42-35-39-21-26(36)34(43-35)41-28-7-6-27-32(33(28)49(4)5)38-11-10-37-27/h6-7,10-11,18-22,24H,8-9,12-17H2,1-5H3,(H2,39,41,42,43). The van der Waals surface area contributed by atoms with Crippen LogP contribution in [-0.4, -0.2) is 112 Å². The van der Waals surface area contributed by atoms with Crippen LogP contribution in [0.5, 0.6) is 5.75 Å². The zero-order chi connectivity index (χ0) is 34.1. The van der Waals surface area contributed by atoms with Crippen molar-refractivity contribution in [2.45, 2.75) is 18.9 Å². The Hall–Kier alpha value is -4.45. The van der Waals surface area contributed by atoms with Crippen LogP contribution in [0.15, 0.2) is 55.2 Å². The third kappa shape index (κ3) is 7.01. The number of rotatable bonds is 9. The molecule has 0 spiro atoms. The number of ether oxygens (including phenoxy) is 1. The Balaban J connectivity index is 1.17. The van der Waals surface area contributed by atoms with Gasteiger partial charge in [-0.05, 0) is 51.4 Å². The molecule has 5 aromatic rings. The molecule has 2 aromatic carbocycles. The van der Waals surface area contributed by atoms with E-state index in [9.17, 15) is 0 Å². The van der Waals surface area contributed by atoms with Crippen LogP contribution in [0.3, 0.4) is 0 Å². The van der Waals surface area contributed by atoms with Crippen LogP contribution in [-0.2, 0) is 7.05 Å². The number of nitrogens with one attached hydrogen (secondary N) is 2. The Morgan fingerprint density at radius 3 is 2.39 bits per heavy atom. The summed E-state index contributed by atoms with van der Waals surface area (Å²) in [5.41, 5.74) is 6.12. The number of hydrogen-bond donors (Lipinski definition) is 2. The average Bonchev–Trinajstić information content (AvgIpc) is 3.55. The summed E-state index contributed by atoms with van der Waals surface area (Å²) in [7, 11) is 5.18. The van der Waals surface area contributed by atoms with Crippen molar-refractivity contribution in [2.75, 3.05) is 82.3 Å². The lowest BCUT2D eigenvalue weighted by molar-refractivity contribution is 0.0982. The quantitative estimate of drug-likeness (QED) is 0.204. The van der Waals surface area contributed by atoms with E-state index in [1.165, 1.54) is 6.20 Å². The molecule has 12 nitrogen and oxygen atoms in total. The topological polar surface area (TPSA) is 112 Å². The Morgan fingerprint density at radius 1 is 0.898 bits per heavy atom. The summed E-state index contributed by atoms with van der Waals surface area (Å²) >= 11 is 0. The van der Waals surface area contributed by atoms with Gasteiger partial charge >= 0.3 is 0 Å². The van der Waals surface area contributed by atoms with E-state index in [4.69, 9.17) is 4.74 Å². The second kappa shape index (κ2) is 14.2. The van der Waals surface area contributed by atoms with Gasteiger partial charge in [0.2, 0.25) is 5.95 Å². The van der Waals surface area contributed by atoms with Gasteiger partial charge < -0.3 is 25.2 Å². The number of hydrogen-bond acceptors (Lipinski definition) is 11. The van der Waals surface area contributed by atoms with E-state index in [2.05, 4.69) is 82.9 Å². The highest BCUT2D eigenvalue weighted by atomic mass is 31.1. The van der Waals surface area contributed by atoms with Crippen LogP contribution in [0.1, 0.15) is 12.8 Å². The van der Waals surface area contributed by atoms with E-state index in [0.717, 1.165) is 90.9 Å². The van der Waals surface area contributed by atoms with Crippen LogP contribution < -0.4 is 25.6 Å². The van der Waals surface area contributed by atoms with E-state index in [1.54, 1.807) is 19.5 Å². The highest BCUT2D eigenvalue weighted by Crippen LogP contribution is 2.41. The average molecular weight is 684 g/mol.